The summed E-state index contributed by atoms with van der Waals surface area (Å²) in [6.07, 6.45) is -4.64. The van der Waals surface area contributed by atoms with Crippen LogP contribution in [-0.4, -0.2) is 28.5 Å². The van der Waals surface area contributed by atoms with Gasteiger partial charge in [-0.1, -0.05) is 11.6 Å². The second-order valence-electron chi connectivity index (χ2n) is 5.65. The first-order chi connectivity index (χ1) is 13.4. The molecule has 0 aliphatic heterocycles. The van der Waals surface area contributed by atoms with Crippen LogP contribution in [-0.2, 0) is 0 Å². The van der Waals surface area contributed by atoms with Crippen molar-refractivity contribution in [2.24, 2.45) is 0 Å². The Morgan fingerprint density at radius 1 is 1.17 bits per heavy atom. The second-order valence-corrected chi connectivity index (χ2v) is 6.09. The molecule has 9 nitrogen and oxygen atoms in total. The zero-order chi connectivity index (χ0) is 21.9. The van der Waals surface area contributed by atoms with E-state index >= 15 is 0 Å². The van der Waals surface area contributed by atoms with Crippen molar-refractivity contribution in [1.82, 2.24) is 0 Å². The highest BCUT2D eigenvalue weighted by molar-refractivity contribution is 6.31. The lowest BCUT2D eigenvalue weighted by Crippen LogP contribution is -2.20. The third-order valence-electron chi connectivity index (χ3n) is 3.60. The Morgan fingerprint density at radius 2 is 1.83 bits per heavy atom. The molecule has 1 N–H and O–H groups in total. The summed E-state index contributed by atoms with van der Waals surface area (Å²) in [6.45, 7) is -0.436. The van der Waals surface area contributed by atoms with Crippen molar-refractivity contribution in [2.75, 3.05) is 11.9 Å². The number of carbonyl (C=O) groups excluding carboxylic acids is 1. The molecule has 0 fully saturated rings. The number of nitrogens with one attached hydrogen (secondary N) is 1. The summed E-state index contributed by atoms with van der Waals surface area (Å²) in [4.78, 5) is 32.9. The molecule has 0 unspecified atom stereocenters. The number of non-ortho nitro benzene ring substituents is 1. The van der Waals surface area contributed by atoms with Gasteiger partial charge in [-0.2, -0.15) is 13.2 Å². The monoisotopic (exact) mass is 433 g/mol. The van der Waals surface area contributed by atoms with E-state index in [1.807, 2.05) is 0 Å². The average molecular weight is 434 g/mol. The maximum absolute atomic E-state index is 12.6. The van der Waals surface area contributed by atoms with Gasteiger partial charge in [-0.3, -0.25) is 25.0 Å². The number of nitro benzene ring substituents is 2. The number of alkyl halides is 3. The number of hydrogen-bond donors (Lipinski definition) is 1. The normalized spacial score (nSPS) is 11.1. The van der Waals surface area contributed by atoms with Crippen LogP contribution in [0, 0.1) is 27.2 Å². The van der Waals surface area contributed by atoms with Gasteiger partial charge in [0, 0.05) is 16.7 Å². The Labute approximate surface area is 165 Å². The number of amides is 1. The van der Waals surface area contributed by atoms with Crippen molar-refractivity contribution >= 4 is 34.6 Å². The van der Waals surface area contributed by atoms with Gasteiger partial charge in [-0.15, -0.1) is 0 Å². The SMILES string of the molecule is Cc1c(C(=O)Nc2cc(Cl)ccc2OCC(F)(F)F)cc([N+](=O)[O-])cc1[N+](=O)[O-]. The van der Waals surface area contributed by atoms with Crippen LogP contribution in [0.4, 0.5) is 30.2 Å². The highest BCUT2D eigenvalue weighted by atomic mass is 35.5. The number of rotatable bonds is 6. The van der Waals surface area contributed by atoms with E-state index in [4.69, 9.17) is 11.6 Å². The van der Waals surface area contributed by atoms with E-state index in [0.29, 0.717) is 6.07 Å². The van der Waals surface area contributed by atoms with Gasteiger partial charge in [0.2, 0.25) is 0 Å². The molecule has 29 heavy (non-hydrogen) atoms. The van der Waals surface area contributed by atoms with Gasteiger partial charge >= 0.3 is 6.18 Å². The summed E-state index contributed by atoms with van der Waals surface area (Å²) in [5.41, 5.74) is -2.19. The molecule has 2 aromatic rings. The van der Waals surface area contributed by atoms with Crippen LogP contribution < -0.4 is 10.1 Å². The summed E-state index contributed by atoms with van der Waals surface area (Å²) < 4.78 is 41.9. The fourth-order valence-electron chi connectivity index (χ4n) is 2.29. The van der Waals surface area contributed by atoms with Crippen LogP contribution in [0.3, 0.4) is 0 Å². The molecule has 0 radical (unpaired) electrons. The molecule has 0 spiro atoms. The Morgan fingerprint density at radius 3 is 2.38 bits per heavy atom. The molecule has 0 bridgehead atoms. The Kier molecular flexibility index (Phi) is 6.27. The quantitative estimate of drug-likeness (QED) is 0.521. The summed E-state index contributed by atoms with van der Waals surface area (Å²) >= 11 is 5.79. The lowest BCUT2D eigenvalue weighted by atomic mass is 10.0. The molecule has 13 heteroatoms. The van der Waals surface area contributed by atoms with Gasteiger partial charge in [0.1, 0.15) is 5.75 Å². The largest absolute Gasteiger partial charge is 0.482 e. The molecule has 2 aromatic carbocycles. The van der Waals surface area contributed by atoms with Crippen molar-refractivity contribution < 1.29 is 32.5 Å². The molecular weight excluding hydrogens is 423 g/mol. The Bertz CT molecular complexity index is 997. The number of anilines is 1. The molecule has 154 valence electrons. The van der Waals surface area contributed by atoms with E-state index in [1.54, 1.807) is 0 Å². The van der Waals surface area contributed by atoms with E-state index < -0.39 is 45.5 Å². The fourth-order valence-corrected chi connectivity index (χ4v) is 2.46. The van der Waals surface area contributed by atoms with Crippen LogP contribution in [0.15, 0.2) is 30.3 Å². The number of nitro groups is 2. The first kappa shape index (κ1) is 21.9. The van der Waals surface area contributed by atoms with Crippen molar-refractivity contribution in [3.8, 4) is 5.75 Å². The molecule has 0 saturated heterocycles. The zero-order valence-corrected chi connectivity index (χ0v) is 15.2. The number of hydrogen-bond acceptors (Lipinski definition) is 6. The molecule has 2 rings (SSSR count). The number of carbonyl (C=O) groups is 1. The molecule has 0 saturated carbocycles. The summed E-state index contributed by atoms with van der Waals surface area (Å²) in [6, 6.07) is 4.94. The topological polar surface area (TPSA) is 125 Å². The molecular formula is C16H11ClF3N3O6. The Hall–Kier alpha value is -3.41. The van der Waals surface area contributed by atoms with E-state index in [1.165, 1.54) is 13.0 Å². The molecule has 0 aliphatic rings. The summed E-state index contributed by atoms with van der Waals surface area (Å²) in [5, 5.41) is 24.4. The molecule has 1 amide bonds. The number of ether oxygens (including phenoxy) is 1. The van der Waals surface area contributed by atoms with Crippen LogP contribution in [0.25, 0.3) is 0 Å². The lowest BCUT2D eigenvalue weighted by molar-refractivity contribution is -0.394. The number of nitrogens with zero attached hydrogens (tertiary/aromatic N) is 2. The van der Waals surface area contributed by atoms with E-state index in [-0.39, 0.29) is 22.0 Å². The van der Waals surface area contributed by atoms with Crippen molar-refractivity contribution in [2.45, 2.75) is 13.1 Å². The van der Waals surface area contributed by atoms with Crippen molar-refractivity contribution in [3.05, 3.63) is 66.7 Å². The summed E-state index contributed by atoms with van der Waals surface area (Å²) in [5.74, 6) is -1.40. The van der Waals surface area contributed by atoms with Gasteiger partial charge in [0.15, 0.2) is 6.61 Å². The predicted molar refractivity (Wildman–Crippen MR) is 95.4 cm³/mol. The summed E-state index contributed by atoms with van der Waals surface area (Å²) in [7, 11) is 0. The van der Waals surface area contributed by atoms with Gasteiger partial charge < -0.3 is 10.1 Å². The zero-order valence-electron chi connectivity index (χ0n) is 14.4. The smallest absolute Gasteiger partial charge is 0.422 e. The number of benzene rings is 2. The minimum absolute atomic E-state index is 0.0569. The van der Waals surface area contributed by atoms with E-state index in [9.17, 15) is 38.2 Å². The molecule has 0 aliphatic carbocycles. The average Bonchev–Trinajstić information content (AvgIpc) is 2.59. The standard InChI is InChI=1S/C16H11ClF3N3O6/c1-8-11(5-10(22(25)26)6-13(8)23(27)28)15(24)21-12-4-9(17)2-3-14(12)29-7-16(18,19)20/h2-6H,7H2,1H3,(H,21,24). The minimum atomic E-state index is -4.64. The fraction of sp³-hybridized carbons (Fsp3) is 0.188. The van der Waals surface area contributed by atoms with Crippen LogP contribution >= 0.6 is 11.6 Å². The van der Waals surface area contributed by atoms with Crippen LogP contribution in [0.1, 0.15) is 15.9 Å². The molecule has 0 heterocycles. The van der Waals surface area contributed by atoms with Crippen LogP contribution in [0.5, 0.6) is 5.75 Å². The minimum Gasteiger partial charge on any atom is -0.482 e. The lowest BCUT2D eigenvalue weighted by Gasteiger charge is -2.15. The second kappa shape index (κ2) is 8.31. The maximum Gasteiger partial charge on any atom is 0.422 e. The first-order valence-corrected chi connectivity index (χ1v) is 8.00. The van der Waals surface area contributed by atoms with Gasteiger partial charge in [0.05, 0.1) is 27.2 Å². The molecule has 0 aromatic heterocycles. The van der Waals surface area contributed by atoms with Gasteiger partial charge in [-0.25, -0.2) is 0 Å². The number of halogens is 4. The first-order valence-electron chi connectivity index (χ1n) is 7.63. The maximum atomic E-state index is 12.6. The Balaban J connectivity index is 2.43. The third-order valence-corrected chi connectivity index (χ3v) is 3.83. The van der Waals surface area contributed by atoms with Crippen LogP contribution in [0.2, 0.25) is 5.02 Å². The van der Waals surface area contributed by atoms with Crippen molar-refractivity contribution in [3.63, 3.8) is 0 Å². The van der Waals surface area contributed by atoms with E-state index in [0.717, 1.165) is 18.2 Å². The predicted octanol–water partition coefficient (Wildman–Crippen LogP) is 4.66. The van der Waals surface area contributed by atoms with Gasteiger partial charge in [-0.05, 0) is 25.1 Å². The van der Waals surface area contributed by atoms with Crippen molar-refractivity contribution in [1.29, 1.82) is 0 Å². The highest BCUT2D eigenvalue weighted by Crippen LogP contribution is 2.32. The van der Waals surface area contributed by atoms with Gasteiger partial charge in [0.25, 0.3) is 17.3 Å². The molecule has 0 atom stereocenters. The highest BCUT2D eigenvalue weighted by Gasteiger charge is 2.29. The van der Waals surface area contributed by atoms with E-state index in [2.05, 4.69) is 10.1 Å². The third kappa shape index (κ3) is 5.54.